The van der Waals surface area contributed by atoms with Crippen molar-refractivity contribution in [1.82, 2.24) is 0 Å². The molecule has 0 bridgehead atoms. The molecule has 0 fully saturated rings. The van der Waals surface area contributed by atoms with Crippen LogP contribution in [-0.2, 0) is 4.79 Å². The second kappa shape index (κ2) is 4.27. The van der Waals surface area contributed by atoms with Gasteiger partial charge in [0.1, 0.15) is 0 Å². The van der Waals surface area contributed by atoms with Gasteiger partial charge in [0.05, 0.1) is 0 Å². The van der Waals surface area contributed by atoms with Crippen LogP contribution in [0.3, 0.4) is 0 Å². The van der Waals surface area contributed by atoms with E-state index in [0.717, 1.165) is 5.69 Å². The van der Waals surface area contributed by atoms with Crippen molar-refractivity contribution >= 4 is 11.6 Å². The summed E-state index contributed by atoms with van der Waals surface area (Å²) < 4.78 is 0. The van der Waals surface area contributed by atoms with Crippen molar-refractivity contribution in [2.75, 3.05) is 5.32 Å². The first-order valence-corrected chi connectivity index (χ1v) is 4.82. The maximum Gasteiger partial charge on any atom is 0.224 e. The van der Waals surface area contributed by atoms with Gasteiger partial charge in [0.2, 0.25) is 5.91 Å². The van der Waals surface area contributed by atoms with E-state index in [1.807, 2.05) is 30.3 Å². The Kier molecular flexibility index (Phi) is 3.28. The summed E-state index contributed by atoms with van der Waals surface area (Å²) in [6, 6.07) is 9.53. The molecule has 1 N–H and O–H groups in total. The number of para-hydroxylation sites is 1. The van der Waals surface area contributed by atoms with Crippen molar-refractivity contribution in [3.63, 3.8) is 0 Å². The molecule has 0 radical (unpaired) electrons. The Labute approximate surface area is 85.3 Å². The van der Waals surface area contributed by atoms with Gasteiger partial charge in [0.25, 0.3) is 0 Å². The Morgan fingerprint density at radius 2 is 1.79 bits per heavy atom. The van der Waals surface area contributed by atoms with Crippen LogP contribution in [0.15, 0.2) is 30.3 Å². The van der Waals surface area contributed by atoms with Crippen LogP contribution in [0, 0.1) is 5.41 Å². The molecule has 0 aliphatic heterocycles. The number of rotatable bonds is 2. The Morgan fingerprint density at radius 1 is 1.21 bits per heavy atom. The smallest absolute Gasteiger partial charge is 0.224 e. The molecule has 0 saturated heterocycles. The fourth-order valence-corrected chi connectivity index (χ4v) is 1.21. The number of carbonyl (C=O) groups excluding carboxylic acids is 1. The summed E-state index contributed by atoms with van der Waals surface area (Å²) in [6.07, 6.45) is 0.544. The van der Waals surface area contributed by atoms with E-state index in [0.29, 0.717) is 6.42 Å². The maximum atomic E-state index is 11.5. The second-order valence-electron chi connectivity index (χ2n) is 4.65. The molecule has 0 saturated carbocycles. The minimum atomic E-state index is 0.0405. The van der Waals surface area contributed by atoms with Crippen LogP contribution >= 0.6 is 0 Å². The van der Waals surface area contributed by atoms with E-state index < -0.39 is 0 Å². The molecule has 0 atom stereocenters. The first-order chi connectivity index (χ1) is 6.47. The number of hydrogen-bond donors (Lipinski definition) is 1. The summed E-state index contributed by atoms with van der Waals surface area (Å²) in [5, 5.41) is 2.86. The largest absolute Gasteiger partial charge is 0.326 e. The SMILES string of the molecule is CC(C)(C)CC(=O)Nc1ccccc1. The van der Waals surface area contributed by atoms with Crippen molar-refractivity contribution in [3.05, 3.63) is 30.3 Å². The molecule has 1 aromatic rings. The van der Waals surface area contributed by atoms with Crippen LogP contribution in [0.5, 0.6) is 0 Å². The minimum Gasteiger partial charge on any atom is -0.326 e. The highest BCUT2D eigenvalue weighted by atomic mass is 16.1. The molecule has 1 amide bonds. The summed E-state index contributed by atoms with van der Waals surface area (Å²) in [5.41, 5.74) is 0.903. The first kappa shape index (κ1) is 10.8. The molecule has 0 aliphatic rings. The predicted octanol–water partition coefficient (Wildman–Crippen LogP) is 3.06. The third kappa shape index (κ3) is 4.08. The summed E-state index contributed by atoms with van der Waals surface area (Å²) in [6.45, 7) is 6.16. The summed E-state index contributed by atoms with van der Waals surface area (Å²) >= 11 is 0. The quantitative estimate of drug-likeness (QED) is 0.764. The van der Waals surface area contributed by atoms with Gasteiger partial charge in [-0.25, -0.2) is 0 Å². The average molecular weight is 191 g/mol. The molecule has 0 aliphatic carbocycles. The lowest BCUT2D eigenvalue weighted by Gasteiger charge is -2.17. The average Bonchev–Trinajstić information content (AvgIpc) is 2.02. The topological polar surface area (TPSA) is 29.1 Å². The monoisotopic (exact) mass is 191 g/mol. The van der Waals surface area contributed by atoms with Gasteiger partial charge in [-0.2, -0.15) is 0 Å². The minimum absolute atomic E-state index is 0.0405. The lowest BCUT2D eigenvalue weighted by Crippen LogP contribution is -2.19. The van der Waals surface area contributed by atoms with Crippen molar-refractivity contribution in [1.29, 1.82) is 0 Å². The van der Waals surface area contributed by atoms with Gasteiger partial charge in [-0.05, 0) is 17.5 Å². The van der Waals surface area contributed by atoms with Crippen molar-refractivity contribution in [3.8, 4) is 0 Å². The molecule has 1 aromatic carbocycles. The highest BCUT2D eigenvalue weighted by molar-refractivity contribution is 5.90. The van der Waals surface area contributed by atoms with Gasteiger partial charge >= 0.3 is 0 Å². The lowest BCUT2D eigenvalue weighted by molar-refractivity contribution is -0.117. The number of hydrogen-bond acceptors (Lipinski definition) is 1. The van der Waals surface area contributed by atoms with Crippen molar-refractivity contribution < 1.29 is 4.79 Å². The van der Waals surface area contributed by atoms with Crippen LogP contribution < -0.4 is 5.32 Å². The highest BCUT2D eigenvalue weighted by Crippen LogP contribution is 2.19. The van der Waals surface area contributed by atoms with Gasteiger partial charge in [-0.3, -0.25) is 4.79 Å². The van der Waals surface area contributed by atoms with Crippen LogP contribution in [0.25, 0.3) is 0 Å². The zero-order chi connectivity index (χ0) is 10.6. The summed E-state index contributed by atoms with van der Waals surface area (Å²) in [4.78, 5) is 11.5. The van der Waals surface area contributed by atoms with E-state index in [1.54, 1.807) is 0 Å². The van der Waals surface area contributed by atoms with E-state index >= 15 is 0 Å². The molecule has 0 unspecified atom stereocenters. The van der Waals surface area contributed by atoms with E-state index in [9.17, 15) is 4.79 Å². The molecular weight excluding hydrogens is 174 g/mol. The van der Waals surface area contributed by atoms with E-state index in [4.69, 9.17) is 0 Å². The van der Waals surface area contributed by atoms with Crippen molar-refractivity contribution in [2.24, 2.45) is 5.41 Å². The second-order valence-corrected chi connectivity index (χ2v) is 4.65. The molecule has 1 rings (SSSR count). The lowest BCUT2D eigenvalue weighted by atomic mass is 9.92. The zero-order valence-electron chi connectivity index (χ0n) is 9.00. The summed E-state index contributed by atoms with van der Waals surface area (Å²) in [7, 11) is 0. The maximum absolute atomic E-state index is 11.5. The van der Waals surface area contributed by atoms with Gasteiger partial charge in [0.15, 0.2) is 0 Å². The standard InChI is InChI=1S/C12H17NO/c1-12(2,3)9-11(14)13-10-7-5-4-6-8-10/h4-8H,9H2,1-3H3,(H,13,14). The van der Waals surface area contributed by atoms with E-state index in [-0.39, 0.29) is 11.3 Å². The molecule has 2 heteroatoms. The van der Waals surface area contributed by atoms with E-state index in [2.05, 4.69) is 26.1 Å². The molecule has 2 nitrogen and oxygen atoms in total. The molecule has 0 spiro atoms. The zero-order valence-corrected chi connectivity index (χ0v) is 9.00. The summed E-state index contributed by atoms with van der Waals surface area (Å²) in [5.74, 6) is 0.0729. The number of carbonyl (C=O) groups is 1. The molecule has 0 aromatic heterocycles. The Bertz CT molecular complexity index is 298. The van der Waals surface area contributed by atoms with Crippen LogP contribution in [0.1, 0.15) is 27.2 Å². The molecule has 0 heterocycles. The number of anilines is 1. The van der Waals surface area contributed by atoms with Gasteiger partial charge in [0, 0.05) is 12.1 Å². The van der Waals surface area contributed by atoms with Crippen LogP contribution in [-0.4, -0.2) is 5.91 Å². The Hall–Kier alpha value is -1.31. The number of nitrogens with one attached hydrogen (secondary N) is 1. The number of benzene rings is 1. The Balaban J connectivity index is 2.50. The third-order valence-corrected chi connectivity index (χ3v) is 1.75. The van der Waals surface area contributed by atoms with Crippen LogP contribution in [0.2, 0.25) is 0 Å². The fraction of sp³-hybridized carbons (Fsp3) is 0.417. The van der Waals surface area contributed by atoms with E-state index in [1.165, 1.54) is 0 Å². The first-order valence-electron chi connectivity index (χ1n) is 4.82. The number of amides is 1. The van der Waals surface area contributed by atoms with Gasteiger partial charge in [-0.15, -0.1) is 0 Å². The fourth-order valence-electron chi connectivity index (χ4n) is 1.21. The Morgan fingerprint density at radius 3 is 2.29 bits per heavy atom. The normalized spacial score (nSPS) is 11.1. The predicted molar refractivity (Wildman–Crippen MR) is 59.1 cm³/mol. The highest BCUT2D eigenvalue weighted by Gasteiger charge is 2.15. The molecular formula is C12H17NO. The molecule has 14 heavy (non-hydrogen) atoms. The molecule has 76 valence electrons. The van der Waals surface area contributed by atoms with Crippen LogP contribution in [0.4, 0.5) is 5.69 Å². The van der Waals surface area contributed by atoms with Crippen molar-refractivity contribution in [2.45, 2.75) is 27.2 Å². The van der Waals surface area contributed by atoms with Gasteiger partial charge < -0.3 is 5.32 Å². The van der Waals surface area contributed by atoms with Gasteiger partial charge in [-0.1, -0.05) is 39.0 Å². The third-order valence-electron chi connectivity index (χ3n) is 1.75.